The van der Waals surface area contributed by atoms with Gasteiger partial charge in [0.05, 0.1) is 23.0 Å². The van der Waals surface area contributed by atoms with E-state index in [1.54, 1.807) is 4.90 Å². The second-order valence-corrected chi connectivity index (χ2v) is 6.72. The number of nitrogens with zero attached hydrogens (tertiary/aromatic N) is 2. The maximum atomic E-state index is 13.1. The Morgan fingerprint density at radius 3 is 2.40 bits per heavy atom. The molecular formula is C22H20N2O. The zero-order valence-corrected chi connectivity index (χ0v) is 14.8. The standard InChI is InChI=1S/C22H20N2O/c1-6-21-19-12-20-18(11-17(19)14(3)23(21)5)15(4)24(22(20)25)16-9-7-13(2)8-10-16/h7-12,14H,1,4H2,2-3,5H3. The maximum Gasteiger partial charge on any atom is 0.263 e. The van der Waals surface area contributed by atoms with E-state index >= 15 is 0 Å². The summed E-state index contributed by atoms with van der Waals surface area (Å²) in [5, 5.41) is 0. The van der Waals surface area contributed by atoms with Crippen LogP contribution in [0.1, 0.15) is 45.6 Å². The van der Waals surface area contributed by atoms with Crippen LogP contribution in [0.5, 0.6) is 0 Å². The predicted molar refractivity (Wildman–Crippen MR) is 102 cm³/mol. The fraction of sp³-hybridized carbons (Fsp3) is 0.182. The molecule has 2 aromatic rings. The van der Waals surface area contributed by atoms with Gasteiger partial charge in [-0.05, 0) is 43.7 Å². The van der Waals surface area contributed by atoms with Gasteiger partial charge in [-0.3, -0.25) is 9.69 Å². The number of aryl methyl sites for hydroxylation is 1. The SMILES string of the molecule is C=C=C1c2cc3c(cc2C(C)N1C)C(=C)N(c1ccc(C)cc1)C3=O. The fourth-order valence-corrected chi connectivity index (χ4v) is 3.73. The van der Waals surface area contributed by atoms with Crippen LogP contribution in [0.4, 0.5) is 5.69 Å². The molecule has 0 aromatic heterocycles. The Bertz CT molecular complexity index is 978. The van der Waals surface area contributed by atoms with Crippen LogP contribution >= 0.6 is 0 Å². The third kappa shape index (κ3) is 2.03. The van der Waals surface area contributed by atoms with Gasteiger partial charge in [0, 0.05) is 23.9 Å². The van der Waals surface area contributed by atoms with Crippen molar-refractivity contribution in [3.8, 4) is 0 Å². The molecule has 0 spiro atoms. The first-order valence-corrected chi connectivity index (χ1v) is 8.35. The Balaban J connectivity index is 1.86. The molecule has 0 saturated carbocycles. The largest absolute Gasteiger partial charge is 0.361 e. The van der Waals surface area contributed by atoms with Crippen LogP contribution in [-0.4, -0.2) is 17.9 Å². The topological polar surface area (TPSA) is 23.6 Å². The lowest BCUT2D eigenvalue weighted by Crippen LogP contribution is -2.21. The average molecular weight is 328 g/mol. The maximum absolute atomic E-state index is 13.1. The van der Waals surface area contributed by atoms with Crippen molar-refractivity contribution >= 4 is 23.0 Å². The van der Waals surface area contributed by atoms with Gasteiger partial charge in [0.15, 0.2) is 0 Å². The number of fused-ring (bicyclic) bond motifs is 2. The van der Waals surface area contributed by atoms with E-state index in [1.165, 1.54) is 5.56 Å². The van der Waals surface area contributed by atoms with Gasteiger partial charge in [0.2, 0.25) is 0 Å². The van der Waals surface area contributed by atoms with Crippen LogP contribution in [0.3, 0.4) is 0 Å². The number of rotatable bonds is 1. The highest BCUT2D eigenvalue weighted by Gasteiger charge is 2.37. The summed E-state index contributed by atoms with van der Waals surface area (Å²) in [6.07, 6.45) is 0. The Morgan fingerprint density at radius 2 is 1.76 bits per heavy atom. The van der Waals surface area contributed by atoms with Gasteiger partial charge in [-0.1, -0.05) is 30.9 Å². The monoisotopic (exact) mass is 328 g/mol. The molecule has 0 fully saturated rings. The minimum absolute atomic E-state index is 0.0303. The first-order valence-electron chi connectivity index (χ1n) is 8.35. The molecule has 1 amide bonds. The zero-order chi connectivity index (χ0) is 17.9. The fourth-order valence-electron chi connectivity index (χ4n) is 3.73. The second kappa shape index (κ2) is 5.23. The molecule has 0 aliphatic carbocycles. The normalized spacial score (nSPS) is 18.5. The van der Waals surface area contributed by atoms with Crippen LogP contribution in [0, 0.1) is 6.92 Å². The lowest BCUT2D eigenvalue weighted by atomic mass is 9.97. The molecule has 2 aromatic carbocycles. The molecule has 0 radical (unpaired) electrons. The third-order valence-corrected chi connectivity index (χ3v) is 5.30. The summed E-state index contributed by atoms with van der Waals surface area (Å²) in [6, 6.07) is 12.2. The Hall–Kier alpha value is -3.03. The van der Waals surface area contributed by atoms with E-state index in [0.29, 0.717) is 5.56 Å². The van der Waals surface area contributed by atoms with Crippen LogP contribution in [0.25, 0.3) is 11.4 Å². The molecule has 1 unspecified atom stereocenters. The van der Waals surface area contributed by atoms with Crippen molar-refractivity contribution in [1.82, 2.24) is 4.90 Å². The summed E-state index contributed by atoms with van der Waals surface area (Å²) in [5.74, 6) is -0.0303. The molecule has 124 valence electrons. The van der Waals surface area contributed by atoms with Gasteiger partial charge in [0.25, 0.3) is 5.91 Å². The van der Waals surface area contributed by atoms with Gasteiger partial charge < -0.3 is 4.90 Å². The molecule has 0 saturated heterocycles. The van der Waals surface area contributed by atoms with Crippen molar-refractivity contribution in [3.05, 3.63) is 83.1 Å². The summed E-state index contributed by atoms with van der Waals surface area (Å²) in [4.78, 5) is 16.9. The molecular weight excluding hydrogens is 308 g/mol. The number of benzene rings is 2. The Morgan fingerprint density at radius 1 is 1.08 bits per heavy atom. The number of hydrogen-bond donors (Lipinski definition) is 0. The summed E-state index contributed by atoms with van der Waals surface area (Å²) in [7, 11) is 2.03. The van der Waals surface area contributed by atoms with E-state index in [4.69, 9.17) is 0 Å². The minimum Gasteiger partial charge on any atom is -0.361 e. The summed E-state index contributed by atoms with van der Waals surface area (Å²) in [5.41, 5.74) is 10.5. The summed E-state index contributed by atoms with van der Waals surface area (Å²) >= 11 is 0. The highest BCUT2D eigenvalue weighted by molar-refractivity contribution is 6.22. The smallest absolute Gasteiger partial charge is 0.263 e. The minimum atomic E-state index is -0.0303. The number of carbonyl (C=O) groups is 1. The van der Waals surface area contributed by atoms with Gasteiger partial charge in [-0.2, -0.15) is 0 Å². The molecule has 25 heavy (non-hydrogen) atoms. The van der Waals surface area contributed by atoms with Crippen molar-refractivity contribution in [2.24, 2.45) is 0 Å². The first kappa shape index (κ1) is 15.5. The molecule has 3 nitrogen and oxygen atoms in total. The first-order chi connectivity index (χ1) is 11.9. The molecule has 0 N–H and O–H groups in total. The van der Waals surface area contributed by atoms with Crippen molar-refractivity contribution in [2.75, 3.05) is 11.9 Å². The van der Waals surface area contributed by atoms with Crippen LogP contribution in [0.2, 0.25) is 0 Å². The molecule has 1 atom stereocenters. The lowest BCUT2D eigenvalue weighted by Gasteiger charge is -2.19. The highest BCUT2D eigenvalue weighted by atomic mass is 16.2. The van der Waals surface area contributed by atoms with E-state index in [2.05, 4.69) is 36.8 Å². The van der Waals surface area contributed by atoms with E-state index < -0.39 is 0 Å². The molecule has 0 bridgehead atoms. The second-order valence-electron chi connectivity index (χ2n) is 6.72. The predicted octanol–water partition coefficient (Wildman–Crippen LogP) is 4.76. The van der Waals surface area contributed by atoms with Crippen LogP contribution in [-0.2, 0) is 0 Å². The summed E-state index contributed by atoms with van der Waals surface area (Å²) < 4.78 is 0. The summed E-state index contributed by atoms with van der Waals surface area (Å²) in [6.45, 7) is 12.2. The van der Waals surface area contributed by atoms with Crippen LogP contribution in [0.15, 0.2) is 55.3 Å². The molecule has 3 heteroatoms. The molecule has 2 heterocycles. The quantitative estimate of drug-likeness (QED) is 0.705. The molecule has 2 aliphatic heterocycles. The number of hydrogen-bond acceptors (Lipinski definition) is 2. The highest BCUT2D eigenvalue weighted by Crippen LogP contribution is 2.45. The van der Waals surface area contributed by atoms with E-state index in [1.807, 2.05) is 44.3 Å². The number of amides is 1. The van der Waals surface area contributed by atoms with Gasteiger partial charge in [-0.25, -0.2) is 0 Å². The number of anilines is 1. The van der Waals surface area contributed by atoms with Crippen molar-refractivity contribution in [3.63, 3.8) is 0 Å². The van der Waals surface area contributed by atoms with Crippen molar-refractivity contribution in [1.29, 1.82) is 0 Å². The van der Waals surface area contributed by atoms with Gasteiger partial charge in [0.1, 0.15) is 0 Å². The van der Waals surface area contributed by atoms with Gasteiger partial charge in [-0.15, -0.1) is 5.73 Å². The van der Waals surface area contributed by atoms with Gasteiger partial charge >= 0.3 is 0 Å². The molecule has 4 rings (SSSR count). The van der Waals surface area contributed by atoms with Crippen molar-refractivity contribution in [2.45, 2.75) is 19.9 Å². The lowest BCUT2D eigenvalue weighted by molar-refractivity contribution is 0.101. The van der Waals surface area contributed by atoms with Crippen molar-refractivity contribution < 1.29 is 4.79 Å². The zero-order valence-electron chi connectivity index (χ0n) is 14.8. The van der Waals surface area contributed by atoms with E-state index in [-0.39, 0.29) is 11.9 Å². The third-order valence-electron chi connectivity index (χ3n) is 5.30. The van der Waals surface area contributed by atoms with E-state index in [0.717, 1.165) is 33.8 Å². The Labute approximate surface area is 148 Å². The average Bonchev–Trinajstić information content (AvgIpc) is 2.99. The number of carbonyl (C=O) groups excluding carboxylic acids is 1. The van der Waals surface area contributed by atoms with E-state index in [9.17, 15) is 4.79 Å². The molecule has 2 aliphatic rings. The van der Waals surface area contributed by atoms with Crippen LogP contribution < -0.4 is 4.90 Å². The Kier molecular flexibility index (Phi) is 3.24.